The van der Waals surface area contributed by atoms with Crippen molar-refractivity contribution in [3.05, 3.63) is 88.7 Å². The maximum atomic E-state index is 13.5. The Hall–Kier alpha value is -3.18. The Morgan fingerprint density at radius 1 is 1.06 bits per heavy atom. The number of halogens is 1. The lowest BCUT2D eigenvalue weighted by Gasteiger charge is -2.45. The Labute approximate surface area is 192 Å². The highest BCUT2D eigenvalue weighted by Gasteiger charge is 2.49. The minimum absolute atomic E-state index is 0.0679. The van der Waals surface area contributed by atoms with Crippen molar-refractivity contribution in [1.82, 2.24) is 15.2 Å². The molecule has 162 valence electrons. The van der Waals surface area contributed by atoms with Crippen LogP contribution in [0, 0.1) is 5.41 Å². The van der Waals surface area contributed by atoms with Gasteiger partial charge in [-0.05, 0) is 72.2 Å². The summed E-state index contributed by atoms with van der Waals surface area (Å²) in [5.41, 5.74) is 4.01. The van der Waals surface area contributed by atoms with Crippen molar-refractivity contribution >= 4 is 23.5 Å². The molecular formula is C26H25ClN4O. The van der Waals surface area contributed by atoms with E-state index >= 15 is 0 Å². The van der Waals surface area contributed by atoms with Crippen LogP contribution in [-0.4, -0.2) is 28.8 Å². The van der Waals surface area contributed by atoms with Gasteiger partial charge in [-0.3, -0.25) is 20.1 Å². The molecule has 5 nitrogen and oxygen atoms in total. The highest BCUT2D eigenvalue weighted by molar-refractivity contribution is 6.30. The van der Waals surface area contributed by atoms with Gasteiger partial charge in [-0.1, -0.05) is 48.0 Å². The number of nitrogens with zero attached hydrogens (tertiary/aromatic N) is 2. The second-order valence-electron chi connectivity index (χ2n) is 8.89. The van der Waals surface area contributed by atoms with E-state index in [9.17, 15) is 4.79 Å². The van der Waals surface area contributed by atoms with Gasteiger partial charge < -0.3 is 5.32 Å². The molecule has 2 aromatic carbocycles. The zero-order chi connectivity index (χ0) is 22.5. The van der Waals surface area contributed by atoms with Gasteiger partial charge in [0.05, 0.1) is 17.2 Å². The molecule has 6 heteroatoms. The number of carbonyl (C=O) groups is 1. The van der Waals surface area contributed by atoms with E-state index < -0.39 is 11.5 Å². The third kappa shape index (κ3) is 3.56. The number of amides is 1. The molecule has 32 heavy (non-hydrogen) atoms. The molecule has 2 aliphatic rings. The smallest absolute Gasteiger partial charge is 0.239 e. The molecule has 2 fully saturated rings. The van der Waals surface area contributed by atoms with E-state index in [0.29, 0.717) is 16.6 Å². The second kappa shape index (κ2) is 7.75. The van der Waals surface area contributed by atoms with Crippen LogP contribution < -0.4 is 5.32 Å². The van der Waals surface area contributed by atoms with E-state index in [4.69, 9.17) is 17.0 Å². The number of nitrogens with one attached hydrogen (secondary N) is 2. The van der Waals surface area contributed by atoms with Gasteiger partial charge in [-0.15, -0.1) is 0 Å². The van der Waals surface area contributed by atoms with Crippen LogP contribution in [0.15, 0.2) is 66.9 Å². The number of benzene rings is 2. The highest BCUT2D eigenvalue weighted by Crippen LogP contribution is 2.43. The third-order valence-corrected chi connectivity index (χ3v) is 6.87. The second-order valence-corrected chi connectivity index (χ2v) is 9.32. The first-order valence-electron chi connectivity index (χ1n) is 10.8. The maximum Gasteiger partial charge on any atom is 0.239 e. The Morgan fingerprint density at radius 3 is 2.44 bits per heavy atom. The molecule has 1 aromatic heterocycles. The van der Waals surface area contributed by atoms with Crippen LogP contribution in [0.3, 0.4) is 0 Å². The fraction of sp³-hybridized carbons (Fsp3) is 0.269. The van der Waals surface area contributed by atoms with E-state index in [-0.39, 0.29) is 11.9 Å². The number of rotatable bonds is 4. The van der Waals surface area contributed by atoms with Gasteiger partial charge in [0.1, 0.15) is 0 Å². The van der Waals surface area contributed by atoms with Crippen LogP contribution in [0.4, 0.5) is 0 Å². The average molecular weight is 445 g/mol. The molecule has 1 aliphatic carbocycles. The van der Waals surface area contributed by atoms with Crippen molar-refractivity contribution < 1.29 is 4.79 Å². The normalized spacial score (nSPS) is 23.2. The molecule has 0 radical (unpaired) electrons. The van der Waals surface area contributed by atoms with Crippen molar-refractivity contribution in [3.63, 3.8) is 0 Å². The summed E-state index contributed by atoms with van der Waals surface area (Å²) >= 11 is 6.20. The molecule has 0 spiro atoms. The van der Waals surface area contributed by atoms with E-state index in [0.717, 1.165) is 16.7 Å². The minimum atomic E-state index is -0.879. The molecule has 5 rings (SSSR count). The summed E-state index contributed by atoms with van der Waals surface area (Å²) in [4.78, 5) is 19.5. The first-order valence-corrected chi connectivity index (χ1v) is 11.2. The van der Waals surface area contributed by atoms with Gasteiger partial charge in [0, 0.05) is 18.3 Å². The Bertz CT molecular complexity index is 1200. The van der Waals surface area contributed by atoms with Gasteiger partial charge in [0.2, 0.25) is 5.91 Å². The van der Waals surface area contributed by atoms with E-state index in [1.54, 1.807) is 13.2 Å². The molecule has 1 saturated heterocycles. The van der Waals surface area contributed by atoms with Crippen LogP contribution >= 0.6 is 11.6 Å². The molecule has 1 amide bonds. The molecule has 1 saturated carbocycles. The van der Waals surface area contributed by atoms with Gasteiger partial charge in [0.25, 0.3) is 0 Å². The monoisotopic (exact) mass is 444 g/mol. The van der Waals surface area contributed by atoms with Crippen LogP contribution in [0.5, 0.6) is 0 Å². The summed E-state index contributed by atoms with van der Waals surface area (Å²) in [7, 11) is 1.64. The molecule has 0 unspecified atom stereocenters. The topological polar surface area (TPSA) is 69.1 Å². The SMILES string of the molecule is CN1C(=N)N[C@](C)(c2cc(-c3cccc(Cl)c3)ccn2)[C@H](c2ccc(C3CC3)cc2)C1=O. The van der Waals surface area contributed by atoms with E-state index in [1.165, 1.54) is 23.3 Å². The van der Waals surface area contributed by atoms with Gasteiger partial charge in [-0.25, -0.2) is 0 Å². The van der Waals surface area contributed by atoms with Gasteiger partial charge >= 0.3 is 0 Å². The average Bonchev–Trinajstić information content (AvgIpc) is 3.64. The summed E-state index contributed by atoms with van der Waals surface area (Å²) in [5, 5.41) is 12.3. The predicted molar refractivity (Wildman–Crippen MR) is 127 cm³/mol. The molecule has 3 aromatic rings. The molecule has 2 heterocycles. The predicted octanol–water partition coefficient (Wildman–Crippen LogP) is 5.27. The largest absolute Gasteiger partial charge is 0.344 e. The summed E-state index contributed by atoms with van der Waals surface area (Å²) in [6.45, 7) is 1.95. The van der Waals surface area contributed by atoms with E-state index in [2.05, 4.69) is 34.6 Å². The van der Waals surface area contributed by atoms with Gasteiger partial charge in [-0.2, -0.15) is 0 Å². The number of pyridine rings is 1. The number of guanidine groups is 1. The molecular weight excluding hydrogens is 420 g/mol. The lowest BCUT2D eigenvalue weighted by Crippen LogP contribution is -2.62. The third-order valence-electron chi connectivity index (χ3n) is 6.64. The lowest BCUT2D eigenvalue weighted by atomic mass is 9.75. The lowest BCUT2D eigenvalue weighted by molar-refractivity contribution is -0.131. The Kier molecular flexibility index (Phi) is 5.01. The van der Waals surface area contributed by atoms with Crippen LogP contribution in [0.25, 0.3) is 11.1 Å². The maximum absolute atomic E-state index is 13.5. The van der Waals surface area contributed by atoms with Crippen LogP contribution in [-0.2, 0) is 10.3 Å². The Balaban J connectivity index is 1.59. The van der Waals surface area contributed by atoms with Crippen molar-refractivity contribution in [2.45, 2.75) is 37.1 Å². The quantitative estimate of drug-likeness (QED) is 0.575. The number of aromatic nitrogens is 1. The fourth-order valence-corrected chi connectivity index (χ4v) is 4.77. The molecule has 1 aliphatic heterocycles. The van der Waals surface area contributed by atoms with Crippen molar-refractivity contribution in [2.75, 3.05) is 7.05 Å². The van der Waals surface area contributed by atoms with Crippen molar-refractivity contribution in [2.24, 2.45) is 0 Å². The number of carbonyl (C=O) groups excluding carboxylic acids is 1. The van der Waals surface area contributed by atoms with Gasteiger partial charge in [0.15, 0.2) is 5.96 Å². The number of likely N-dealkylation sites (N-methyl/N-ethyl adjacent to an activating group) is 1. The zero-order valence-corrected chi connectivity index (χ0v) is 18.9. The van der Waals surface area contributed by atoms with Crippen molar-refractivity contribution in [1.29, 1.82) is 5.41 Å². The van der Waals surface area contributed by atoms with E-state index in [1.807, 2.05) is 43.3 Å². The summed E-state index contributed by atoms with van der Waals surface area (Å²) < 4.78 is 0. The Morgan fingerprint density at radius 2 is 1.75 bits per heavy atom. The molecule has 2 atom stereocenters. The fourth-order valence-electron chi connectivity index (χ4n) is 4.58. The summed E-state index contributed by atoms with van der Waals surface area (Å²) in [5.74, 6) is 0.0863. The first-order chi connectivity index (χ1) is 15.4. The minimum Gasteiger partial charge on any atom is -0.344 e. The zero-order valence-electron chi connectivity index (χ0n) is 18.1. The van der Waals surface area contributed by atoms with Crippen LogP contribution in [0.2, 0.25) is 5.02 Å². The standard InChI is InChI=1S/C26H25ClN4O/c1-26(22-15-20(12-13-29-22)19-4-3-5-21(27)14-19)23(24(32)31(2)25(28)30-26)18-10-8-17(9-11-18)16-6-7-16/h3-5,8-16,23H,6-7H2,1-2H3,(H2,28,30)/t23-,26-/m1/s1. The first kappa shape index (κ1) is 20.7. The highest BCUT2D eigenvalue weighted by atomic mass is 35.5. The molecule has 0 bridgehead atoms. The summed E-state index contributed by atoms with van der Waals surface area (Å²) in [6.07, 6.45) is 4.22. The molecule has 2 N–H and O–H groups in total. The number of hydrogen-bond donors (Lipinski definition) is 2. The van der Waals surface area contributed by atoms with Crippen molar-refractivity contribution in [3.8, 4) is 11.1 Å². The summed E-state index contributed by atoms with van der Waals surface area (Å²) in [6, 6.07) is 20.0. The number of hydrogen-bond acceptors (Lipinski definition) is 3. The van der Waals surface area contributed by atoms with Crippen LogP contribution in [0.1, 0.15) is 48.4 Å².